The molecule has 6 nitrogen and oxygen atoms in total. The summed E-state index contributed by atoms with van der Waals surface area (Å²) in [5, 5.41) is 24.6. The van der Waals surface area contributed by atoms with Gasteiger partial charge in [-0.2, -0.15) is 5.10 Å². The van der Waals surface area contributed by atoms with Gasteiger partial charge in [0.05, 0.1) is 22.5 Å². The SMILES string of the molecule is CC(=NNC(=O)c1cc(-c2cc(C)ccc2C)nc2ccccc12)c1cc(O)ccc1O. The lowest BCUT2D eigenvalue weighted by atomic mass is 9.99. The van der Waals surface area contributed by atoms with Gasteiger partial charge in [-0.05, 0) is 62.7 Å². The Morgan fingerprint density at radius 1 is 0.938 bits per heavy atom. The van der Waals surface area contributed by atoms with E-state index in [9.17, 15) is 15.0 Å². The number of carbonyl (C=O) groups excluding carboxylic acids is 1. The van der Waals surface area contributed by atoms with Crippen molar-refractivity contribution in [3.05, 3.63) is 89.0 Å². The molecule has 4 rings (SSSR count). The summed E-state index contributed by atoms with van der Waals surface area (Å²) in [7, 11) is 0. The molecule has 0 spiro atoms. The van der Waals surface area contributed by atoms with Crippen LogP contribution in [0.4, 0.5) is 0 Å². The van der Waals surface area contributed by atoms with Gasteiger partial charge in [0.25, 0.3) is 5.91 Å². The highest BCUT2D eigenvalue weighted by molar-refractivity contribution is 6.08. The maximum absolute atomic E-state index is 13.1. The number of carbonyl (C=O) groups is 1. The van der Waals surface area contributed by atoms with Crippen LogP contribution in [0.15, 0.2) is 71.8 Å². The summed E-state index contributed by atoms with van der Waals surface area (Å²) in [6, 6.07) is 19.5. The van der Waals surface area contributed by atoms with Gasteiger partial charge in [0, 0.05) is 16.5 Å². The smallest absolute Gasteiger partial charge is 0.272 e. The Balaban J connectivity index is 1.75. The number of phenols is 2. The third-order valence-electron chi connectivity index (χ3n) is 5.32. The van der Waals surface area contributed by atoms with Gasteiger partial charge in [0.15, 0.2) is 0 Å². The Morgan fingerprint density at radius 3 is 2.53 bits per heavy atom. The van der Waals surface area contributed by atoms with Crippen LogP contribution < -0.4 is 5.43 Å². The summed E-state index contributed by atoms with van der Waals surface area (Å²) in [5.74, 6) is -0.434. The second-order valence-corrected chi connectivity index (χ2v) is 7.73. The number of aromatic hydroxyl groups is 2. The molecule has 3 aromatic carbocycles. The lowest BCUT2D eigenvalue weighted by Crippen LogP contribution is -2.20. The van der Waals surface area contributed by atoms with Crippen LogP contribution >= 0.6 is 0 Å². The molecule has 1 heterocycles. The van der Waals surface area contributed by atoms with E-state index >= 15 is 0 Å². The van der Waals surface area contributed by atoms with Crippen LogP contribution in [0, 0.1) is 13.8 Å². The van der Waals surface area contributed by atoms with E-state index in [0.717, 1.165) is 16.7 Å². The molecule has 0 fully saturated rings. The second kappa shape index (κ2) is 8.51. The lowest BCUT2D eigenvalue weighted by Gasteiger charge is -2.12. The van der Waals surface area contributed by atoms with Gasteiger partial charge in [0.2, 0.25) is 0 Å². The Hall–Kier alpha value is -4.19. The van der Waals surface area contributed by atoms with Crippen molar-refractivity contribution < 1.29 is 15.0 Å². The first kappa shape index (κ1) is 21.1. The highest BCUT2D eigenvalue weighted by Crippen LogP contribution is 2.28. The number of rotatable bonds is 4. The Morgan fingerprint density at radius 2 is 1.72 bits per heavy atom. The molecule has 0 aliphatic carbocycles. The predicted octanol–water partition coefficient (Wildman–Crippen LogP) is 5.08. The highest BCUT2D eigenvalue weighted by Gasteiger charge is 2.15. The van der Waals surface area contributed by atoms with Crippen LogP contribution in [-0.2, 0) is 0 Å². The van der Waals surface area contributed by atoms with Crippen molar-refractivity contribution in [2.75, 3.05) is 0 Å². The maximum Gasteiger partial charge on any atom is 0.272 e. The van der Waals surface area contributed by atoms with Crippen LogP contribution in [0.5, 0.6) is 11.5 Å². The zero-order chi connectivity index (χ0) is 22.8. The maximum atomic E-state index is 13.1. The highest BCUT2D eigenvalue weighted by atomic mass is 16.3. The largest absolute Gasteiger partial charge is 0.508 e. The van der Waals surface area contributed by atoms with E-state index in [1.165, 1.54) is 18.2 Å². The fourth-order valence-electron chi connectivity index (χ4n) is 3.58. The molecule has 1 amide bonds. The Bertz CT molecular complexity index is 1380. The van der Waals surface area contributed by atoms with Crippen LogP contribution in [0.25, 0.3) is 22.2 Å². The van der Waals surface area contributed by atoms with Gasteiger partial charge < -0.3 is 10.2 Å². The van der Waals surface area contributed by atoms with E-state index in [1.54, 1.807) is 13.0 Å². The Kier molecular flexibility index (Phi) is 5.60. The van der Waals surface area contributed by atoms with Crippen LogP contribution in [-0.4, -0.2) is 26.8 Å². The van der Waals surface area contributed by atoms with E-state index in [-0.39, 0.29) is 11.5 Å². The van der Waals surface area contributed by atoms with E-state index in [2.05, 4.69) is 16.6 Å². The minimum absolute atomic E-state index is 0.00281. The van der Waals surface area contributed by atoms with E-state index in [0.29, 0.717) is 33.4 Å². The number of aromatic nitrogens is 1. The molecule has 4 aromatic rings. The number of nitrogens with zero attached hydrogens (tertiary/aromatic N) is 2. The number of pyridine rings is 1. The first-order valence-corrected chi connectivity index (χ1v) is 10.2. The molecule has 0 saturated heterocycles. The van der Waals surface area contributed by atoms with E-state index < -0.39 is 5.91 Å². The number of phenolic OH excluding ortho intramolecular Hbond substituents is 2. The monoisotopic (exact) mass is 425 g/mol. The number of benzene rings is 3. The molecule has 1 aromatic heterocycles. The van der Waals surface area contributed by atoms with Gasteiger partial charge in [-0.15, -0.1) is 0 Å². The average molecular weight is 425 g/mol. The number of para-hydroxylation sites is 1. The quantitative estimate of drug-likeness (QED) is 0.241. The molecule has 0 saturated carbocycles. The van der Waals surface area contributed by atoms with Crippen molar-refractivity contribution >= 4 is 22.5 Å². The van der Waals surface area contributed by atoms with Crippen molar-refractivity contribution in [2.24, 2.45) is 5.10 Å². The minimum atomic E-state index is -0.394. The lowest BCUT2D eigenvalue weighted by molar-refractivity contribution is 0.0956. The Labute approximate surface area is 185 Å². The topological polar surface area (TPSA) is 94.8 Å². The summed E-state index contributed by atoms with van der Waals surface area (Å²) in [6.45, 7) is 5.67. The molecule has 6 heteroatoms. The molecule has 0 unspecified atom stereocenters. The fraction of sp³-hybridized carbons (Fsp3) is 0.115. The number of hydrogen-bond donors (Lipinski definition) is 3. The number of nitrogens with one attached hydrogen (secondary N) is 1. The normalized spacial score (nSPS) is 11.5. The van der Waals surface area contributed by atoms with Gasteiger partial charge in [-0.25, -0.2) is 10.4 Å². The van der Waals surface area contributed by atoms with Crippen LogP contribution in [0.3, 0.4) is 0 Å². The molecule has 3 N–H and O–H groups in total. The van der Waals surface area contributed by atoms with Crippen molar-refractivity contribution in [1.82, 2.24) is 10.4 Å². The number of amides is 1. The standard InChI is InChI=1S/C26H23N3O3/c1-15-8-9-16(2)20(12-15)24-14-22(19-6-4-5-7-23(19)27-24)26(32)29-28-17(3)21-13-18(30)10-11-25(21)31/h4-14,30-31H,1-3H3,(H,29,32). The first-order chi connectivity index (χ1) is 15.3. The number of aryl methyl sites for hydroxylation is 2. The van der Waals surface area contributed by atoms with Crippen molar-refractivity contribution in [3.63, 3.8) is 0 Å². The average Bonchev–Trinajstić information content (AvgIpc) is 2.79. The van der Waals surface area contributed by atoms with Crippen molar-refractivity contribution in [1.29, 1.82) is 0 Å². The summed E-state index contributed by atoms with van der Waals surface area (Å²) < 4.78 is 0. The third-order valence-corrected chi connectivity index (χ3v) is 5.32. The zero-order valence-electron chi connectivity index (χ0n) is 18.0. The molecule has 32 heavy (non-hydrogen) atoms. The van der Waals surface area contributed by atoms with Crippen LogP contribution in [0.1, 0.15) is 34.0 Å². The molecular weight excluding hydrogens is 402 g/mol. The third kappa shape index (κ3) is 4.16. The predicted molar refractivity (Wildman–Crippen MR) is 126 cm³/mol. The van der Waals surface area contributed by atoms with Gasteiger partial charge in [-0.3, -0.25) is 4.79 Å². The first-order valence-electron chi connectivity index (χ1n) is 10.2. The summed E-state index contributed by atoms with van der Waals surface area (Å²) in [4.78, 5) is 17.9. The minimum Gasteiger partial charge on any atom is -0.508 e. The summed E-state index contributed by atoms with van der Waals surface area (Å²) in [6.07, 6.45) is 0. The zero-order valence-corrected chi connectivity index (χ0v) is 18.0. The number of hydrogen-bond acceptors (Lipinski definition) is 5. The number of hydrazone groups is 1. The van der Waals surface area contributed by atoms with E-state index in [1.807, 2.05) is 50.2 Å². The summed E-state index contributed by atoms with van der Waals surface area (Å²) >= 11 is 0. The number of fused-ring (bicyclic) bond motifs is 1. The van der Waals surface area contributed by atoms with E-state index in [4.69, 9.17) is 4.98 Å². The molecule has 0 aliphatic heterocycles. The molecule has 160 valence electrons. The molecule has 0 atom stereocenters. The molecular formula is C26H23N3O3. The van der Waals surface area contributed by atoms with Crippen LogP contribution in [0.2, 0.25) is 0 Å². The fourth-order valence-corrected chi connectivity index (χ4v) is 3.58. The molecule has 0 radical (unpaired) electrons. The van der Waals surface area contributed by atoms with Crippen molar-refractivity contribution in [2.45, 2.75) is 20.8 Å². The molecule has 0 aliphatic rings. The second-order valence-electron chi connectivity index (χ2n) is 7.73. The summed E-state index contributed by atoms with van der Waals surface area (Å²) in [5.41, 5.74) is 8.28. The van der Waals surface area contributed by atoms with Gasteiger partial charge in [-0.1, -0.05) is 35.9 Å². The van der Waals surface area contributed by atoms with Gasteiger partial charge in [0.1, 0.15) is 11.5 Å². The molecule has 0 bridgehead atoms. The van der Waals surface area contributed by atoms with Gasteiger partial charge >= 0.3 is 0 Å². The van der Waals surface area contributed by atoms with Crippen molar-refractivity contribution in [3.8, 4) is 22.8 Å².